The number of carbonyl (C=O) groups excluding carboxylic acids is 2. The van der Waals surface area contributed by atoms with Crippen LogP contribution >= 0.6 is 0 Å². The van der Waals surface area contributed by atoms with Crippen LogP contribution in [0.4, 0.5) is 11.4 Å². The van der Waals surface area contributed by atoms with E-state index in [9.17, 15) is 14.7 Å². The summed E-state index contributed by atoms with van der Waals surface area (Å²) in [6, 6.07) is 5.28. The number of anilines is 2. The number of rotatable bonds is 2. The number of hydrogen-bond donors (Lipinski definition) is 4. The van der Waals surface area contributed by atoms with Crippen molar-refractivity contribution in [3.05, 3.63) is 23.8 Å². The molecular formula is C15H19N3O3. The lowest BCUT2D eigenvalue weighted by Crippen LogP contribution is -2.38. The van der Waals surface area contributed by atoms with Crippen LogP contribution in [0.1, 0.15) is 37.4 Å². The zero-order chi connectivity index (χ0) is 14.8. The smallest absolute Gasteiger partial charge is 0.233 e. The van der Waals surface area contributed by atoms with Crippen molar-refractivity contribution in [1.29, 1.82) is 0 Å². The summed E-state index contributed by atoms with van der Waals surface area (Å²) < 4.78 is 0. The Morgan fingerprint density at radius 2 is 1.86 bits per heavy atom. The zero-order valence-electron chi connectivity index (χ0n) is 11.7. The molecule has 2 unspecified atom stereocenters. The van der Waals surface area contributed by atoms with Crippen molar-refractivity contribution in [2.45, 2.75) is 37.8 Å². The third-order valence-corrected chi connectivity index (χ3v) is 3.98. The molecule has 6 heteroatoms. The van der Waals surface area contributed by atoms with E-state index in [0.717, 1.165) is 31.4 Å². The van der Waals surface area contributed by atoms with Gasteiger partial charge < -0.3 is 21.1 Å². The van der Waals surface area contributed by atoms with E-state index in [2.05, 4.69) is 16.0 Å². The number of benzene rings is 1. The second-order valence-electron chi connectivity index (χ2n) is 5.58. The summed E-state index contributed by atoms with van der Waals surface area (Å²) in [4.78, 5) is 23.1. The van der Waals surface area contributed by atoms with Gasteiger partial charge >= 0.3 is 0 Å². The van der Waals surface area contributed by atoms with E-state index in [1.807, 2.05) is 0 Å². The summed E-state index contributed by atoms with van der Waals surface area (Å²) in [5.41, 5.74) is 1.85. The standard InChI is InChI=1S/C15H19N3O3/c19-13-8-14(20)18-12-7-9(4-5-10(12)17-13)15(21)11-3-1-2-6-16-11/h4-5,7,11,15-16,21H,1-3,6,8H2,(H,17,19)(H,18,20). The third kappa shape index (κ3) is 3.06. The van der Waals surface area contributed by atoms with E-state index >= 15 is 0 Å². The molecule has 0 spiro atoms. The maximum atomic E-state index is 11.6. The Bertz CT molecular complexity index is 567. The first-order valence-corrected chi connectivity index (χ1v) is 7.28. The molecule has 3 rings (SSSR count). The monoisotopic (exact) mass is 289 g/mol. The first-order valence-electron chi connectivity index (χ1n) is 7.28. The lowest BCUT2D eigenvalue weighted by molar-refractivity contribution is -0.123. The quantitative estimate of drug-likeness (QED) is 0.615. The Morgan fingerprint density at radius 3 is 2.57 bits per heavy atom. The molecule has 2 amide bonds. The molecule has 2 heterocycles. The van der Waals surface area contributed by atoms with Gasteiger partial charge in [0, 0.05) is 6.04 Å². The van der Waals surface area contributed by atoms with E-state index in [1.165, 1.54) is 0 Å². The minimum atomic E-state index is -0.619. The van der Waals surface area contributed by atoms with Gasteiger partial charge in [0.1, 0.15) is 6.42 Å². The molecule has 0 aromatic heterocycles. The van der Waals surface area contributed by atoms with Crippen LogP contribution in [0, 0.1) is 0 Å². The number of fused-ring (bicyclic) bond motifs is 1. The molecule has 0 bridgehead atoms. The van der Waals surface area contributed by atoms with E-state index in [1.54, 1.807) is 18.2 Å². The summed E-state index contributed by atoms with van der Waals surface area (Å²) in [5.74, 6) is -0.665. The third-order valence-electron chi connectivity index (χ3n) is 3.98. The fraction of sp³-hybridized carbons (Fsp3) is 0.467. The van der Waals surface area contributed by atoms with Crippen molar-refractivity contribution in [2.75, 3.05) is 17.2 Å². The van der Waals surface area contributed by atoms with E-state index in [4.69, 9.17) is 0 Å². The highest BCUT2D eigenvalue weighted by Crippen LogP contribution is 2.30. The molecule has 1 aromatic carbocycles. The lowest BCUT2D eigenvalue weighted by Gasteiger charge is -2.28. The predicted octanol–water partition coefficient (Wildman–Crippen LogP) is 1.14. The highest BCUT2D eigenvalue weighted by atomic mass is 16.3. The fourth-order valence-electron chi connectivity index (χ4n) is 2.87. The van der Waals surface area contributed by atoms with Crippen molar-refractivity contribution < 1.29 is 14.7 Å². The topological polar surface area (TPSA) is 90.5 Å². The van der Waals surface area contributed by atoms with Gasteiger partial charge in [-0.25, -0.2) is 0 Å². The second-order valence-corrected chi connectivity index (χ2v) is 5.58. The summed E-state index contributed by atoms with van der Waals surface area (Å²) >= 11 is 0. The number of piperidine rings is 1. The second kappa shape index (κ2) is 5.83. The molecule has 0 saturated carbocycles. The van der Waals surface area contributed by atoms with Gasteiger partial charge in [-0.1, -0.05) is 12.5 Å². The molecule has 2 aliphatic rings. The number of aliphatic hydroxyl groups excluding tert-OH is 1. The number of aliphatic hydroxyl groups is 1. The van der Waals surface area contributed by atoms with Gasteiger partial charge in [0.05, 0.1) is 17.5 Å². The SMILES string of the molecule is O=C1CC(=O)Nc2cc(C(O)C3CCCCN3)ccc2N1. The van der Waals surface area contributed by atoms with Gasteiger partial charge in [-0.3, -0.25) is 9.59 Å². The normalized spacial score (nSPS) is 23.6. The Morgan fingerprint density at radius 1 is 1.10 bits per heavy atom. The maximum Gasteiger partial charge on any atom is 0.233 e. The number of hydrogen-bond acceptors (Lipinski definition) is 4. The molecule has 0 radical (unpaired) electrons. The van der Waals surface area contributed by atoms with Crippen LogP contribution in [0.2, 0.25) is 0 Å². The summed E-state index contributed by atoms with van der Waals surface area (Å²) in [5, 5.41) is 19.2. The van der Waals surface area contributed by atoms with Crippen molar-refractivity contribution in [2.24, 2.45) is 0 Å². The molecule has 0 aliphatic carbocycles. The first-order chi connectivity index (χ1) is 10.1. The molecule has 2 aliphatic heterocycles. The number of amides is 2. The zero-order valence-corrected chi connectivity index (χ0v) is 11.7. The average Bonchev–Trinajstić information content (AvgIpc) is 2.63. The summed E-state index contributed by atoms with van der Waals surface area (Å²) in [7, 11) is 0. The highest BCUT2D eigenvalue weighted by molar-refractivity contribution is 6.13. The van der Waals surface area contributed by atoms with Crippen LogP contribution in [-0.2, 0) is 9.59 Å². The van der Waals surface area contributed by atoms with Gasteiger partial charge in [0.2, 0.25) is 11.8 Å². The van der Waals surface area contributed by atoms with Gasteiger partial charge in [-0.2, -0.15) is 0 Å². The predicted molar refractivity (Wildman–Crippen MR) is 78.9 cm³/mol. The number of nitrogens with one attached hydrogen (secondary N) is 3. The minimum Gasteiger partial charge on any atom is -0.387 e. The summed E-state index contributed by atoms with van der Waals surface area (Å²) in [6.07, 6.45) is 2.37. The number of carbonyl (C=O) groups is 2. The first kappa shape index (κ1) is 14.0. The van der Waals surface area contributed by atoms with Crippen LogP contribution in [0.15, 0.2) is 18.2 Å². The van der Waals surface area contributed by atoms with Gasteiger partial charge in [0.15, 0.2) is 0 Å². The van der Waals surface area contributed by atoms with Crippen molar-refractivity contribution >= 4 is 23.2 Å². The van der Waals surface area contributed by atoms with E-state index in [-0.39, 0.29) is 24.3 Å². The van der Waals surface area contributed by atoms with Crippen LogP contribution in [-0.4, -0.2) is 29.5 Å². The molecule has 6 nitrogen and oxygen atoms in total. The summed E-state index contributed by atoms with van der Waals surface area (Å²) in [6.45, 7) is 0.916. The molecule has 1 fully saturated rings. The molecular weight excluding hydrogens is 270 g/mol. The van der Waals surface area contributed by atoms with E-state index in [0.29, 0.717) is 11.4 Å². The van der Waals surface area contributed by atoms with Crippen molar-refractivity contribution in [1.82, 2.24) is 5.32 Å². The van der Waals surface area contributed by atoms with Gasteiger partial charge in [-0.15, -0.1) is 0 Å². The molecule has 4 N–H and O–H groups in total. The Balaban J connectivity index is 1.84. The lowest BCUT2D eigenvalue weighted by atomic mass is 9.94. The molecule has 2 atom stereocenters. The molecule has 21 heavy (non-hydrogen) atoms. The van der Waals surface area contributed by atoms with Crippen LogP contribution in [0.5, 0.6) is 0 Å². The minimum absolute atomic E-state index is 0.0351. The Kier molecular flexibility index (Phi) is 3.90. The molecule has 112 valence electrons. The van der Waals surface area contributed by atoms with Gasteiger partial charge in [0.25, 0.3) is 0 Å². The Labute approximate surface area is 122 Å². The molecule has 1 saturated heterocycles. The fourth-order valence-corrected chi connectivity index (χ4v) is 2.87. The highest BCUT2D eigenvalue weighted by Gasteiger charge is 2.24. The van der Waals surface area contributed by atoms with Crippen molar-refractivity contribution in [3.63, 3.8) is 0 Å². The van der Waals surface area contributed by atoms with Crippen molar-refractivity contribution in [3.8, 4) is 0 Å². The van der Waals surface area contributed by atoms with Crippen LogP contribution in [0.3, 0.4) is 0 Å². The van der Waals surface area contributed by atoms with Crippen LogP contribution in [0.25, 0.3) is 0 Å². The van der Waals surface area contributed by atoms with Crippen LogP contribution < -0.4 is 16.0 Å². The van der Waals surface area contributed by atoms with Gasteiger partial charge in [-0.05, 0) is 37.1 Å². The van der Waals surface area contributed by atoms with E-state index < -0.39 is 6.10 Å². The Hall–Kier alpha value is -1.92. The average molecular weight is 289 g/mol. The maximum absolute atomic E-state index is 11.6. The largest absolute Gasteiger partial charge is 0.387 e. The molecule has 1 aromatic rings.